The first-order chi connectivity index (χ1) is 8.56. The van der Waals surface area contributed by atoms with Gasteiger partial charge in [0.1, 0.15) is 5.75 Å². The van der Waals surface area contributed by atoms with Crippen molar-refractivity contribution in [1.82, 2.24) is 4.90 Å². The Labute approximate surface area is 108 Å². The van der Waals surface area contributed by atoms with E-state index in [1.165, 1.54) is 0 Å². The zero-order valence-corrected chi connectivity index (χ0v) is 11.0. The average molecular weight is 251 g/mol. The molecule has 0 spiro atoms. The molecule has 0 bridgehead atoms. The summed E-state index contributed by atoms with van der Waals surface area (Å²) >= 11 is 0. The molecule has 18 heavy (non-hydrogen) atoms. The topological polar surface area (TPSA) is 81.6 Å². The fourth-order valence-electron chi connectivity index (χ4n) is 1.76. The zero-order valence-electron chi connectivity index (χ0n) is 11.0. The first-order valence-corrected chi connectivity index (χ1v) is 6.08. The van der Waals surface area contributed by atoms with E-state index in [-0.39, 0.29) is 12.5 Å². The van der Waals surface area contributed by atoms with E-state index in [1.807, 2.05) is 30.9 Å². The summed E-state index contributed by atoms with van der Waals surface area (Å²) in [5, 5.41) is 0. The molecule has 1 rings (SSSR count). The lowest BCUT2D eigenvalue weighted by Crippen LogP contribution is -2.33. The van der Waals surface area contributed by atoms with Gasteiger partial charge >= 0.3 is 0 Å². The molecule has 0 unspecified atom stereocenters. The van der Waals surface area contributed by atoms with Crippen LogP contribution in [0.5, 0.6) is 5.75 Å². The maximum atomic E-state index is 11.0. The van der Waals surface area contributed by atoms with Crippen molar-refractivity contribution in [2.24, 2.45) is 5.73 Å². The van der Waals surface area contributed by atoms with Crippen LogP contribution in [0.25, 0.3) is 0 Å². The Hall–Kier alpha value is -1.75. The standard InChI is InChI=1S/C13H21N3O2/c1-3-16(9-13(15)17)8-10-7-11(14)5-6-12(10)18-4-2/h5-7H,3-4,8-9,14H2,1-2H3,(H2,15,17). The largest absolute Gasteiger partial charge is 0.494 e. The molecule has 0 radical (unpaired) electrons. The van der Waals surface area contributed by atoms with Crippen LogP contribution in [0.1, 0.15) is 19.4 Å². The lowest BCUT2D eigenvalue weighted by molar-refractivity contribution is -0.119. The SMILES string of the molecule is CCOc1ccc(N)cc1CN(CC)CC(N)=O. The minimum absolute atomic E-state index is 0.233. The molecule has 0 saturated heterocycles. The van der Waals surface area contributed by atoms with Crippen molar-refractivity contribution in [2.75, 3.05) is 25.4 Å². The summed E-state index contributed by atoms with van der Waals surface area (Å²) in [6, 6.07) is 5.53. The summed E-state index contributed by atoms with van der Waals surface area (Å²) in [7, 11) is 0. The second kappa shape index (κ2) is 6.86. The number of ether oxygens (including phenoxy) is 1. The van der Waals surface area contributed by atoms with Crippen molar-refractivity contribution >= 4 is 11.6 Å². The Morgan fingerprint density at radius 1 is 1.39 bits per heavy atom. The molecule has 1 amide bonds. The van der Waals surface area contributed by atoms with Crippen molar-refractivity contribution in [3.63, 3.8) is 0 Å². The molecule has 0 fully saturated rings. The summed E-state index contributed by atoms with van der Waals surface area (Å²) in [6.07, 6.45) is 0. The number of rotatable bonds is 7. The van der Waals surface area contributed by atoms with Crippen molar-refractivity contribution in [2.45, 2.75) is 20.4 Å². The molecule has 0 atom stereocenters. The van der Waals surface area contributed by atoms with E-state index in [0.717, 1.165) is 17.9 Å². The highest BCUT2D eigenvalue weighted by Gasteiger charge is 2.11. The van der Waals surface area contributed by atoms with Crippen LogP contribution < -0.4 is 16.2 Å². The van der Waals surface area contributed by atoms with E-state index in [0.29, 0.717) is 18.8 Å². The summed E-state index contributed by atoms with van der Waals surface area (Å²) in [4.78, 5) is 12.9. The number of nitrogen functional groups attached to an aromatic ring is 1. The number of carbonyl (C=O) groups is 1. The van der Waals surface area contributed by atoms with E-state index in [4.69, 9.17) is 16.2 Å². The first kappa shape index (κ1) is 14.3. The van der Waals surface area contributed by atoms with Crippen LogP contribution >= 0.6 is 0 Å². The molecule has 0 saturated carbocycles. The Morgan fingerprint density at radius 2 is 2.11 bits per heavy atom. The minimum atomic E-state index is -0.335. The number of benzene rings is 1. The zero-order chi connectivity index (χ0) is 13.5. The first-order valence-electron chi connectivity index (χ1n) is 6.08. The van der Waals surface area contributed by atoms with Gasteiger partial charge in [-0.15, -0.1) is 0 Å². The monoisotopic (exact) mass is 251 g/mol. The number of hydrogen-bond acceptors (Lipinski definition) is 4. The number of primary amides is 1. The van der Waals surface area contributed by atoms with Crippen molar-refractivity contribution in [1.29, 1.82) is 0 Å². The number of nitrogens with zero attached hydrogens (tertiary/aromatic N) is 1. The third-order valence-corrected chi connectivity index (χ3v) is 2.60. The second-order valence-electron chi connectivity index (χ2n) is 4.07. The van der Waals surface area contributed by atoms with Gasteiger partial charge < -0.3 is 16.2 Å². The van der Waals surface area contributed by atoms with Crippen LogP contribution in [-0.4, -0.2) is 30.5 Å². The Bertz CT molecular complexity index is 407. The smallest absolute Gasteiger partial charge is 0.231 e. The average Bonchev–Trinajstić information content (AvgIpc) is 2.31. The predicted octanol–water partition coefficient (Wildman–Crippen LogP) is 0.975. The molecule has 4 N–H and O–H groups in total. The summed E-state index contributed by atoms with van der Waals surface area (Å²) in [6.45, 7) is 6.08. The molecular formula is C13H21N3O2. The Morgan fingerprint density at radius 3 is 2.67 bits per heavy atom. The summed E-state index contributed by atoms with van der Waals surface area (Å²) in [5.41, 5.74) is 12.6. The molecule has 0 aliphatic rings. The van der Waals surface area contributed by atoms with Gasteiger partial charge in [-0.25, -0.2) is 0 Å². The molecule has 1 aromatic rings. The van der Waals surface area contributed by atoms with Crippen LogP contribution in [0.15, 0.2) is 18.2 Å². The molecule has 100 valence electrons. The lowest BCUT2D eigenvalue weighted by Gasteiger charge is -2.20. The van der Waals surface area contributed by atoms with Crippen LogP contribution in [0.4, 0.5) is 5.69 Å². The van der Waals surface area contributed by atoms with E-state index in [1.54, 1.807) is 6.07 Å². The third-order valence-electron chi connectivity index (χ3n) is 2.60. The van der Waals surface area contributed by atoms with Crippen LogP contribution in [-0.2, 0) is 11.3 Å². The number of hydrogen-bond donors (Lipinski definition) is 2. The van der Waals surface area contributed by atoms with E-state index in [2.05, 4.69) is 0 Å². The fraction of sp³-hybridized carbons (Fsp3) is 0.462. The Balaban J connectivity index is 2.85. The molecule has 0 aromatic heterocycles. The molecular weight excluding hydrogens is 230 g/mol. The fourth-order valence-corrected chi connectivity index (χ4v) is 1.76. The van der Waals surface area contributed by atoms with Gasteiger partial charge in [-0.2, -0.15) is 0 Å². The molecule has 0 heterocycles. The molecule has 5 heteroatoms. The van der Waals surface area contributed by atoms with Crippen molar-refractivity contribution in [3.05, 3.63) is 23.8 Å². The highest BCUT2D eigenvalue weighted by molar-refractivity contribution is 5.75. The number of nitrogens with two attached hydrogens (primary N) is 2. The normalized spacial score (nSPS) is 10.6. The van der Waals surface area contributed by atoms with Gasteiger partial charge in [0, 0.05) is 17.8 Å². The minimum Gasteiger partial charge on any atom is -0.494 e. The summed E-state index contributed by atoms with van der Waals surface area (Å²) in [5.74, 6) is 0.466. The molecule has 0 aliphatic heterocycles. The third kappa shape index (κ3) is 4.25. The number of anilines is 1. The highest BCUT2D eigenvalue weighted by Crippen LogP contribution is 2.23. The van der Waals surface area contributed by atoms with Crippen molar-refractivity contribution in [3.8, 4) is 5.75 Å². The van der Waals surface area contributed by atoms with Gasteiger partial charge in [0.25, 0.3) is 0 Å². The van der Waals surface area contributed by atoms with E-state index < -0.39 is 0 Å². The number of carbonyl (C=O) groups excluding carboxylic acids is 1. The quantitative estimate of drug-likeness (QED) is 0.708. The van der Waals surface area contributed by atoms with Gasteiger partial charge in [0.2, 0.25) is 5.91 Å². The maximum Gasteiger partial charge on any atom is 0.231 e. The molecule has 5 nitrogen and oxygen atoms in total. The van der Waals surface area contributed by atoms with Crippen LogP contribution in [0.2, 0.25) is 0 Å². The van der Waals surface area contributed by atoms with Gasteiger partial charge in [-0.3, -0.25) is 9.69 Å². The van der Waals surface area contributed by atoms with Gasteiger partial charge in [-0.05, 0) is 31.7 Å². The number of amides is 1. The van der Waals surface area contributed by atoms with E-state index in [9.17, 15) is 4.79 Å². The molecule has 0 aliphatic carbocycles. The highest BCUT2D eigenvalue weighted by atomic mass is 16.5. The maximum absolute atomic E-state index is 11.0. The van der Waals surface area contributed by atoms with Crippen LogP contribution in [0, 0.1) is 0 Å². The van der Waals surface area contributed by atoms with Crippen LogP contribution in [0.3, 0.4) is 0 Å². The second-order valence-corrected chi connectivity index (χ2v) is 4.07. The number of likely N-dealkylation sites (N-methyl/N-ethyl adjacent to an activating group) is 1. The predicted molar refractivity (Wildman–Crippen MR) is 72.2 cm³/mol. The summed E-state index contributed by atoms with van der Waals surface area (Å²) < 4.78 is 5.54. The van der Waals surface area contributed by atoms with Crippen molar-refractivity contribution < 1.29 is 9.53 Å². The Kier molecular flexibility index (Phi) is 5.45. The lowest BCUT2D eigenvalue weighted by atomic mass is 10.1. The molecule has 1 aromatic carbocycles. The van der Waals surface area contributed by atoms with Gasteiger partial charge in [0.15, 0.2) is 0 Å². The van der Waals surface area contributed by atoms with E-state index >= 15 is 0 Å². The van der Waals surface area contributed by atoms with Gasteiger partial charge in [-0.1, -0.05) is 6.92 Å². The van der Waals surface area contributed by atoms with Gasteiger partial charge in [0.05, 0.1) is 13.2 Å².